The summed E-state index contributed by atoms with van der Waals surface area (Å²) in [5.41, 5.74) is 0. The van der Waals surface area contributed by atoms with Gasteiger partial charge in [-0.2, -0.15) is 4.98 Å². The molecule has 0 radical (unpaired) electrons. The first-order chi connectivity index (χ1) is 11.5. The van der Waals surface area contributed by atoms with E-state index in [0.717, 1.165) is 45.4 Å². The minimum atomic E-state index is -0.195. The first-order valence-electron chi connectivity index (χ1n) is 9.07. The first kappa shape index (κ1) is 17.4. The Bertz CT molecular complexity index is 552. The highest BCUT2D eigenvalue weighted by molar-refractivity contribution is 5.76. The summed E-state index contributed by atoms with van der Waals surface area (Å²) in [6, 6.07) is 0.287. The lowest BCUT2D eigenvalue weighted by Gasteiger charge is -2.39. The number of piperazine rings is 1. The molecule has 1 aliphatic heterocycles. The highest BCUT2D eigenvalue weighted by Gasteiger charge is 2.33. The van der Waals surface area contributed by atoms with Gasteiger partial charge in [0, 0.05) is 51.0 Å². The molecule has 1 N–H and O–H groups in total. The molecule has 24 heavy (non-hydrogen) atoms. The van der Waals surface area contributed by atoms with Crippen molar-refractivity contribution in [1.29, 1.82) is 0 Å². The molecule has 1 aromatic heterocycles. The van der Waals surface area contributed by atoms with E-state index in [9.17, 15) is 9.90 Å². The normalized spacial score (nSPS) is 25.6. The van der Waals surface area contributed by atoms with Gasteiger partial charge in [0.2, 0.25) is 11.8 Å². The van der Waals surface area contributed by atoms with Crippen LogP contribution in [-0.2, 0) is 11.2 Å². The van der Waals surface area contributed by atoms with Crippen molar-refractivity contribution >= 4 is 5.91 Å². The zero-order valence-corrected chi connectivity index (χ0v) is 14.6. The third-order valence-electron chi connectivity index (χ3n) is 5.13. The van der Waals surface area contributed by atoms with E-state index in [1.807, 2.05) is 18.7 Å². The Labute approximate surface area is 143 Å². The standard InChI is InChI=1S/C17H28N4O3/c1-12(2)17-18-15(24-19-17)6-7-16(23)21-10-8-20(9-11-21)13-4-3-5-14(13)22/h12-14,22H,3-11H2,1-2H3/t13-,14+/m1/s1. The Kier molecular flexibility index (Phi) is 5.50. The molecule has 0 bridgehead atoms. The maximum Gasteiger partial charge on any atom is 0.227 e. The van der Waals surface area contributed by atoms with Crippen molar-refractivity contribution < 1.29 is 14.4 Å². The SMILES string of the molecule is CC(C)c1noc(CCC(=O)N2CCN([C@@H]3CCC[C@@H]3O)CC2)n1. The Hall–Kier alpha value is -1.47. The molecule has 2 heterocycles. The van der Waals surface area contributed by atoms with E-state index in [1.54, 1.807) is 0 Å². The van der Waals surface area contributed by atoms with Gasteiger partial charge in [-0.05, 0) is 19.3 Å². The molecule has 2 atom stereocenters. The third kappa shape index (κ3) is 3.95. The van der Waals surface area contributed by atoms with Crippen molar-refractivity contribution in [2.75, 3.05) is 26.2 Å². The highest BCUT2D eigenvalue weighted by Crippen LogP contribution is 2.25. The Morgan fingerprint density at radius 1 is 1.29 bits per heavy atom. The number of carbonyl (C=O) groups is 1. The quantitative estimate of drug-likeness (QED) is 0.869. The van der Waals surface area contributed by atoms with E-state index in [1.165, 1.54) is 0 Å². The van der Waals surface area contributed by atoms with Crippen molar-refractivity contribution in [2.45, 2.75) is 64.0 Å². The second-order valence-corrected chi connectivity index (χ2v) is 7.18. The van der Waals surface area contributed by atoms with Crippen LogP contribution in [0.3, 0.4) is 0 Å². The van der Waals surface area contributed by atoms with Gasteiger partial charge in [-0.1, -0.05) is 19.0 Å². The first-order valence-corrected chi connectivity index (χ1v) is 9.07. The van der Waals surface area contributed by atoms with Crippen LogP contribution in [0.5, 0.6) is 0 Å². The van der Waals surface area contributed by atoms with Gasteiger partial charge in [0.25, 0.3) is 0 Å². The Morgan fingerprint density at radius 2 is 2.04 bits per heavy atom. The van der Waals surface area contributed by atoms with Crippen LogP contribution in [0, 0.1) is 0 Å². The van der Waals surface area contributed by atoms with Gasteiger partial charge >= 0.3 is 0 Å². The summed E-state index contributed by atoms with van der Waals surface area (Å²) in [5, 5.41) is 13.9. The minimum absolute atomic E-state index is 0.144. The van der Waals surface area contributed by atoms with E-state index >= 15 is 0 Å². The second kappa shape index (κ2) is 7.61. The van der Waals surface area contributed by atoms with Gasteiger partial charge < -0.3 is 14.5 Å². The lowest BCUT2D eigenvalue weighted by atomic mass is 10.1. The van der Waals surface area contributed by atoms with E-state index in [0.29, 0.717) is 24.6 Å². The van der Waals surface area contributed by atoms with Crippen molar-refractivity contribution in [1.82, 2.24) is 19.9 Å². The molecule has 1 saturated carbocycles. The lowest BCUT2D eigenvalue weighted by Crippen LogP contribution is -2.53. The van der Waals surface area contributed by atoms with Crippen LogP contribution in [0.1, 0.15) is 57.2 Å². The average Bonchev–Trinajstić information content (AvgIpc) is 3.22. The topological polar surface area (TPSA) is 82.7 Å². The van der Waals surface area contributed by atoms with Gasteiger partial charge in [-0.15, -0.1) is 0 Å². The summed E-state index contributed by atoms with van der Waals surface area (Å²) in [6.07, 6.45) is 3.80. The number of aromatic nitrogens is 2. The molecule has 0 spiro atoms. The van der Waals surface area contributed by atoms with Crippen molar-refractivity contribution in [3.05, 3.63) is 11.7 Å². The zero-order chi connectivity index (χ0) is 17.1. The molecular weight excluding hydrogens is 308 g/mol. The maximum atomic E-state index is 12.4. The van der Waals surface area contributed by atoms with E-state index in [4.69, 9.17) is 4.52 Å². The van der Waals surface area contributed by atoms with Crippen LogP contribution in [0.15, 0.2) is 4.52 Å². The molecule has 134 valence electrons. The molecule has 1 aliphatic carbocycles. The number of rotatable bonds is 5. The fraction of sp³-hybridized carbons (Fsp3) is 0.824. The number of hydrogen-bond donors (Lipinski definition) is 1. The molecule has 0 aromatic carbocycles. The van der Waals surface area contributed by atoms with E-state index < -0.39 is 0 Å². The highest BCUT2D eigenvalue weighted by atomic mass is 16.5. The summed E-state index contributed by atoms with van der Waals surface area (Å²) in [5.74, 6) is 1.61. The fourth-order valence-corrected chi connectivity index (χ4v) is 3.63. The fourth-order valence-electron chi connectivity index (χ4n) is 3.63. The number of hydrogen-bond acceptors (Lipinski definition) is 6. The van der Waals surface area contributed by atoms with Gasteiger partial charge in [0.05, 0.1) is 6.10 Å². The van der Waals surface area contributed by atoms with Crippen LogP contribution >= 0.6 is 0 Å². The van der Waals surface area contributed by atoms with Gasteiger partial charge in [-0.3, -0.25) is 9.69 Å². The number of amides is 1. The lowest BCUT2D eigenvalue weighted by molar-refractivity contribution is -0.133. The summed E-state index contributed by atoms with van der Waals surface area (Å²) in [4.78, 5) is 20.9. The molecule has 2 fully saturated rings. The molecule has 1 aromatic rings. The minimum Gasteiger partial charge on any atom is -0.391 e. The second-order valence-electron chi connectivity index (χ2n) is 7.18. The monoisotopic (exact) mass is 336 g/mol. The Morgan fingerprint density at radius 3 is 2.62 bits per heavy atom. The number of nitrogens with zero attached hydrogens (tertiary/aromatic N) is 4. The Balaban J connectivity index is 1.43. The molecular formula is C17H28N4O3. The molecule has 3 rings (SSSR count). The van der Waals surface area contributed by atoms with Crippen LogP contribution in [-0.4, -0.2) is 69.3 Å². The zero-order valence-electron chi connectivity index (χ0n) is 14.6. The molecule has 7 nitrogen and oxygen atoms in total. The smallest absolute Gasteiger partial charge is 0.227 e. The number of aliphatic hydroxyl groups is 1. The summed E-state index contributed by atoms with van der Waals surface area (Å²) in [7, 11) is 0. The largest absolute Gasteiger partial charge is 0.391 e. The average molecular weight is 336 g/mol. The molecule has 1 saturated heterocycles. The van der Waals surface area contributed by atoms with Crippen LogP contribution in [0.2, 0.25) is 0 Å². The van der Waals surface area contributed by atoms with Crippen LogP contribution < -0.4 is 0 Å². The van der Waals surface area contributed by atoms with Gasteiger partial charge in [0.1, 0.15) is 0 Å². The maximum absolute atomic E-state index is 12.4. The number of aryl methyl sites for hydroxylation is 1. The van der Waals surface area contributed by atoms with Gasteiger partial charge in [-0.25, -0.2) is 0 Å². The predicted molar refractivity (Wildman–Crippen MR) is 88.5 cm³/mol. The molecule has 1 amide bonds. The predicted octanol–water partition coefficient (Wildman–Crippen LogP) is 1.18. The van der Waals surface area contributed by atoms with Crippen molar-refractivity contribution in [3.63, 3.8) is 0 Å². The summed E-state index contributed by atoms with van der Waals surface area (Å²) in [6.45, 7) is 7.21. The molecule has 7 heteroatoms. The van der Waals surface area contributed by atoms with Crippen LogP contribution in [0.25, 0.3) is 0 Å². The third-order valence-corrected chi connectivity index (χ3v) is 5.13. The van der Waals surface area contributed by atoms with E-state index in [2.05, 4.69) is 15.0 Å². The van der Waals surface area contributed by atoms with E-state index in [-0.39, 0.29) is 24.0 Å². The van der Waals surface area contributed by atoms with Crippen molar-refractivity contribution in [2.24, 2.45) is 0 Å². The van der Waals surface area contributed by atoms with Crippen LogP contribution in [0.4, 0.5) is 0 Å². The number of aliphatic hydroxyl groups excluding tert-OH is 1. The summed E-state index contributed by atoms with van der Waals surface area (Å²) < 4.78 is 5.19. The van der Waals surface area contributed by atoms with Gasteiger partial charge in [0.15, 0.2) is 5.82 Å². The van der Waals surface area contributed by atoms with Crippen molar-refractivity contribution in [3.8, 4) is 0 Å². The molecule has 0 unspecified atom stereocenters. The molecule has 2 aliphatic rings. The number of carbonyl (C=O) groups excluding carboxylic acids is 1. The summed E-state index contributed by atoms with van der Waals surface area (Å²) >= 11 is 0.